The van der Waals surface area contributed by atoms with E-state index in [1.54, 1.807) is 0 Å². The Morgan fingerprint density at radius 1 is 0.912 bits per heavy atom. The van der Waals surface area contributed by atoms with Crippen molar-refractivity contribution in [3.05, 3.63) is 34.9 Å². The predicted molar refractivity (Wildman–Crippen MR) is 115 cm³/mol. The molecule has 1 aromatic carbocycles. The van der Waals surface area contributed by atoms with Gasteiger partial charge in [0.2, 0.25) is 5.91 Å². The molecule has 1 fully saturated rings. The highest BCUT2D eigenvalue weighted by atomic mass is 19.4. The summed E-state index contributed by atoms with van der Waals surface area (Å²) in [6.07, 6.45) is -5.92. The van der Waals surface area contributed by atoms with E-state index in [0.717, 1.165) is 32.1 Å². The molecule has 0 saturated heterocycles. The van der Waals surface area contributed by atoms with Crippen LogP contribution in [-0.4, -0.2) is 37.5 Å². The van der Waals surface area contributed by atoms with Crippen molar-refractivity contribution < 1.29 is 35.9 Å². The summed E-state index contributed by atoms with van der Waals surface area (Å²) in [5.74, 6) is -0.579. The summed E-state index contributed by atoms with van der Waals surface area (Å²) < 4.78 is 77.9. The molecule has 3 N–H and O–H groups in total. The molecule has 1 aliphatic carbocycles. The lowest BCUT2D eigenvalue weighted by Crippen LogP contribution is -2.40. The number of hydrogen-bond acceptors (Lipinski definition) is 3. The molecule has 0 radical (unpaired) electrons. The van der Waals surface area contributed by atoms with Crippen molar-refractivity contribution in [1.82, 2.24) is 16.0 Å². The van der Waals surface area contributed by atoms with Crippen molar-refractivity contribution in [2.24, 2.45) is 11.8 Å². The van der Waals surface area contributed by atoms with Crippen LogP contribution in [0.2, 0.25) is 0 Å². The van der Waals surface area contributed by atoms with E-state index < -0.39 is 35.0 Å². The first kappa shape index (κ1) is 27.9. The fourth-order valence-corrected chi connectivity index (χ4v) is 3.88. The number of nitrogens with one attached hydrogen (secondary N) is 3. The van der Waals surface area contributed by atoms with Gasteiger partial charge in [0, 0.05) is 18.2 Å². The Hall–Kier alpha value is -2.30. The van der Waals surface area contributed by atoms with Gasteiger partial charge in [0.05, 0.1) is 17.7 Å². The average molecular weight is 496 g/mol. The van der Waals surface area contributed by atoms with E-state index in [2.05, 4.69) is 16.0 Å². The Balaban J connectivity index is 1.82. The fraction of sp³-hybridized carbons (Fsp3) is 0.652. The van der Waals surface area contributed by atoms with Gasteiger partial charge in [0.15, 0.2) is 0 Å². The fourth-order valence-electron chi connectivity index (χ4n) is 3.88. The zero-order valence-electron chi connectivity index (χ0n) is 19.2. The molecule has 0 aliphatic heterocycles. The number of amides is 2. The molecule has 1 saturated carbocycles. The lowest BCUT2D eigenvalue weighted by molar-refractivity contribution is -0.143. The maximum atomic E-state index is 13.0. The summed E-state index contributed by atoms with van der Waals surface area (Å²) in [5, 5.41) is 8.49. The van der Waals surface area contributed by atoms with E-state index in [0.29, 0.717) is 24.6 Å². The number of carbonyl (C=O) groups excluding carboxylic acids is 2. The Bertz CT molecular complexity index is 801. The Labute approximate surface area is 195 Å². The Morgan fingerprint density at radius 2 is 1.41 bits per heavy atom. The monoisotopic (exact) mass is 495 g/mol. The molecular formula is C23H31F6N3O2. The molecule has 2 rings (SSSR count). The average Bonchev–Trinajstić information content (AvgIpc) is 2.76. The third kappa shape index (κ3) is 8.81. The van der Waals surface area contributed by atoms with Crippen LogP contribution in [-0.2, 0) is 17.1 Å². The minimum absolute atomic E-state index is 0.000110. The summed E-state index contributed by atoms with van der Waals surface area (Å²) >= 11 is 0. The molecule has 1 aliphatic rings. The molecule has 34 heavy (non-hydrogen) atoms. The molecule has 1 atom stereocenters. The van der Waals surface area contributed by atoms with Crippen molar-refractivity contribution in [2.75, 3.05) is 19.6 Å². The molecule has 192 valence electrons. The van der Waals surface area contributed by atoms with Gasteiger partial charge in [0.25, 0.3) is 5.91 Å². The number of benzene rings is 1. The summed E-state index contributed by atoms with van der Waals surface area (Å²) in [7, 11) is 0. The highest BCUT2D eigenvalue weighted by Crippen LogP contribution is 2.36. The molecule has 5 nitrogen and oxygen atoms in total. The van der Waals surface area contributed by atoms with E-state index in [4.69, 9.17) is 0 Å². The van der Waals surface area contributed by atoms with Gasteiger partial charge in [-0.1, -0.05) is 6.92 Å². The second-order valence-electron chi connectivity index (χ2n) is 8.90. The minimum Gasteiger partial charge on any atom is -0.353 e. The van der Waals surface area contributed by atoms with E-state index in [1.165, 1.54) is 0 Å². The van der Waals surface area contributed by atoms with E-state index in [9.17, 15) is 35.9 Å². The molecule has 2 amide bonds. The maximum absolute atomic E-state index is 13.0. The van der Waals surface area contributed by atoms with Crippen molar-refractivity contribution in [1.29, 1.82) is 0 Å². The van der Waals surface area contributed by atoms with Crippen molar-refractivity contribution >= 4 is 11.8 Å². The quantitative estimate of drug-likeness (QED) is 0.433. The normalized spacial score (nSPS) is 20.0. The second kappa shape index (κ2) is 11.9. The zero-order valence-corrected chi connectivity index (χ0v) is 19.2. The lowest BCUT2D eigenvalue weighted by Gasteiger charge is -2.29. The van der Waals surface area contributed by atoms with Gasteiger partial charge >= 0.3 is 12.4 Å². The van der Waals surface area contributed by atoms with Crippen molar-refractivity contribution in [3.63, 3.8) is 0 Å². The maximum Gasteiger partial charge on any atom is 0.416 e. The van der Waals surface area contributed by atoms with E-state index in [1.807, 2.05) is 13.8 Å². The van der Waals surface area contributed by atoms with Crippen LogP contribution in [0.15, 0.2) is 18.2 Å². The van der Waals surface area contributed by atoms with Crippen LogP contribution < -0.4 is 16.0 Å². The van der Waals surface area contributed by atoms with Gasteiger partial charge in [-0.2, -0.15) is 26.3 Å². The van der Waals surface area contributed by atoms with Crippen LogP contribution in [0, 0.1) is 11.8 Å². The van der Waals surface area contributed by atoms with Crippen LogP contribution in [0.25, 0.3) is 0 Å². The molecule has 11 heteroatoms. The highest BCUT2D eigenvalue weighted by Gasteiger charge is 2.37. The van der Waals surface area contributed by atoms with Gasteiger partial charge in [-0.15, -0.1) is 0 Å². The van der Waals surface area contributed by atoms with Crippen molar-refractivity contribution in [2.45, 2.75) is 64.3 Å². The van der Waals surface area contributed by atoms with Crippen LogP contribution in [0.5, 0.6) is 0 Å². The number of carbonyl (C=O) groups is 2. The smallest absolute Gasteiger partial charge is 0.353 e. The van der Waals surface area contributed by atoms with Gasteiger partial charge < -0.3 is 16.0 Å². The van der Waals surface area contributed by atoms with Gasteiger partial charge in [-0.05, 0) is 75.6 Å². The molecule has 0 aromatic heterocycles. The molecule has 0 spiro atoms. The number of alkyl halides is 6. The van der Waals surface area contributed by atoms with Crippen LogP contribution >= 0.6 is 0 Å². The highest BCUT2D eigenvalue weighted by molar-refractivity contribution is 5.94. The first-order chi connectivity index (χ1) is 15.8. The largest absolute Gasteiger partial charge is 0.416 e. The standard InChI is InChI=1S/C23H31F6N3O2/c1-3-14(2)32-20(33)13-30-11-15-4-6-16(7-5-15)12-31-21(34)17-8-18(22(24,25)26)10-19(9-17)23(27,28)29/h8-10,14-16,30H,3-7,11-13H2,1-2H3,(H,31,34)(H,32,33)/t14?,15-,16-. The molecule has 1 unspecified atom stereocenters. The van der Waals surface area contributed by atoms with Gasteiger partial charge in [-0.3, -0.25) is 9.59 Å². The summed E-state index contributed by atoms with van der Waals surface area (Å²) in [4.78, 5) is 24.1. The summed E-state index contributed by atoms with van der Waals surface area (Å²) in [5.41, 5.74) is -3.70. The Morgan fingerprint density at radius 3 is 1.88 bits per heavy atom. The lowest BCUT2D eigenvalue weighted by atomic mass is 9.82. The van der Waals surface area contributed by atoms with E-state index in [-0.39, 0.29) is 37.0 Å². The summed E-state index contributed by atoms with van der Waals surface area (Å²) in [6.45, 7) is 5.00. The Kier molecular flexibility index (Phi) is 9.78. The molecule has 0 bridgehead atoms. The molecule has 0 heterocycles. The minimum atomic E-state index is -5.00. The third-order valence-corrected chi connectivity index (χ3v) is 6.11. The van der Waals surface area contributed by atoms with Crippen LogP contribution in [0.4, 0.5) is 26.3 Å². The SMILES string of the molecule is CCC(C)NC(=O)CNC[C@H]1CC[C@H](CNC(=O)c2cc(C(F)(F)F)cc(C(F)(F)F)c2)CC1. The topological polar surface area (TPSA) is 70.2 Å². The predicted octanol–water partition coefficient (Wildman–Crippen LogP) is 4.76. The number of rotatable bonds is 9. The molecule has 1 aromatic rings. The molecular weight excluding hydrogens is 464 g/mol. The first-order valence-electron chi connectivity index (χ1n) is 11.4. The first-order valence-corrected chi connectivity index (χ1v) is 11.4. The van der Waals surface area contributed by atoms with Crippen LogP contribution in [0.1, 0.15) is 67.4 Å². The van der Waals surface area contributed by atoms with E-state index >= 15 is 0 Å². The number of halogens is 6. The van der Waals surface area contributed by atoms with Crippen molar-refractivity contribution in [3.8, 4) is 0 Å². The number of hydrogen-bond donors (Lipinski definition) is 3. The summed E-state index contributed by atoms with van der Waals surface area (Å²) in [6, 6.07) is 0.991. The zero-order chi connectivity index (χ0) is 25.5. The third-order valence-electron chi connectivity index (χ3n) is 6.11. The van der Waals surface area contributed by atoms with Crippen LogP contribution in [0.3, 0.4) is 0 Å². The second-order valence-corrected chi connectivity index (χ2v) is 8.90. The van der Waals surface area contributed by atoms with Gasteiger partial charge in [0.1, 0.15) is 0 Å². The van der Waals surface area contributed by atoms with Gasteiger partial charge in [-0.25, -0.2) is 0 Å².